The molecule has 6 rings (SSSR count). The molecular weight excluding hydrogens is 572 g/mol. The van der Waals surface area contributed by atoms with Crippen molar-refractivity contribution in [2.45, 2.75) is 29.2 Å². The highest BCUT2D eigenvalue weighted by Gasteiger charge is 2.28. The predicted octanol–water partition coefficient (Wildman–Crippen LogP) is 2.79. The Labute approximate surface area is 238 Å². The number of H-pyrrole nitrogens is 1. The largest absolute Gasteiger partial charge is 0.434 e. The second-order valence-corrected chi connectivity index (χ2v) is 11.6. The first-order valence-electron chi connectivity index (χ1n) is 12.9. The Hall–Kier alpha value is -4.70. The number of aromatic nitrogens is 7. The molecule has 5 aromatic rings. The van der Waals surface area contributed by atoms with E-state index in [1.165, 1.54) is 46.1 Å². The van der Waals surface area contributed by atoms with Crippen LogP contribution in [0.2, 0.25) is 0 Å². The van der Waals surface area contributed by atoms with Gasteiger partial charge in [0.15, 0.2) is 5.65 Å². The molecule has 0 radical (unpaired) electrons. The minimum atomic E-state index is -4.12. The molecule has 0 unspecified atom stereocenters. The zero-order valence-electron chi connectivity index (χ0n) is 22.2. The molecule has 2 N–H and O–H groups in total. The Balaban J connectivity index is 1.37. The van der Waals surface area contributed by atoms with Crippen LogP contribution in [0.4, 0.5) is 14.5 Å². The van der Waals surface area contributed by atoms with Crippen LogP contribution in [0.1, 0.15) is 22.5 Å². The number of hydrogen-bond acceptors (Lipinski definition) is 9. The van der Waals surface area contributed by atoms with Gasteiger partial charge < -0.3 is 15.0 Å². The lowest BCUT2D eigenvalue weighted by Gasteiger charge is -2.30. The number of likely N-dealkylation sites (tertiary alicyclic amines) is 1. The van der Waals surface area contributed by atoms with Gasteiger partial charge in [0.25, 0.3) is 5.91 Å². The van der Waals surface area contributed by atoms with Crippen LogP contribution in [-0.4, -0.2) is 80.0 Å². The fraction of sp³-hybridized carbons (Fsp3) is 0.269. The van der Waals surface area contributed by atoms with E-state index in [0.29, 0.717) is 24.3 Å². The average Bonchev–Trinajstić information content (AvgIpc) is 3.66. The number of benzene rings is 1. The predicted molar refractivity (Wildman–Crippen MR) is 145 cm³/mol. The standard InChI is InChI=1S/C26H25F2N9O4S/c1-35-15-20(32-25(38)18-13-31-37-10-2-7-29-24(18)37)23(34-35)17-12-16(4-5-21(17)41-26(27)28)42(39,40)22-14-30-33-19(22)6-11-36-8-3-9-36/h2,4-5,7,10,12-15,26H,3,6,8-9,11H2,1H3,(H,30,33)(H,32,38). The van der Waals surface area contributed by atoms with Gasteiger partial charge >= 0.3 is 6.61 Å². The number of ether oxygens (including phenoxy) is 1. The maximum atomic E-state index is 13.7. The fourth-order valence-corrected chi connectivity index (χ4v) is 6.17. The van der Waals surface area contributed by atoms with Crippen molar-refractivity contribution in [3.8, 4) is 17.0 Å². The summed E-state index contributed by atoms with van der Waals surface area (Å²) < 4.78 is 61.8. The van der Waals surface area contributed by atoms with Crippen LogP contribution in [-0.2, 0) is 23.3 Å². The molecule has 13 nitrogen and oxygen atoms in total. The first-order chi connectivity index (χ1) is 20.2. The molecule has 4 aromatic heterocycles. The Morgan fingerprint density at radius 1 is 1.26 bits per heavy atom. The molecule has 16 heteroatoms. The number of halogens is 2. The number of hydrogen-bond donors (Lipinski definition) is 2. The zero-order chi connectivity index (χ0) is 29.4. The Bertz CT molecular complexity index is 1880. The van der Waals surface area contributed by atoms with Crippen molar-refractivity contribution in [2.24, 2.45) is 7.05 Å². The van der Waals surface area contributed by atoms with E-state index in [2.05, 4.69) is 35.6 Å². The van der Waals surface area contributed by atoms with E-state index in [1.807, 2.05) is 0 Å². The zero-order valence-corrected chi connectivity index (χ0v) is 23.1. The summed E-state index contributed by atoms with van der Waals surface area (Å²) in [5.74, 6) is -0.899. The maximum Gasteiger partial charge on any atom is 0.387 e. The summed E-state index contributed by atoms with van der Waals surface area (Å²) in [5, 5.41) is 17.9. The molecule has 0 saturated carbocycles. The number of alkyl halides is 2. The van der Waals surface area contributed by atoms with Crippen molar-refractivity contribution in [3.63, 3.8) is 0 Å². The van der Waals surface area contributed by atoms with E-state index < -0.39 is 22.4 Å². The number of carbonyl (C=O) groups excluding carboxylic acids is 1. The quantitative estimate of drug-likeness (QED) is 0.248. The van der Waals surface area contributed by atoms with Crippen molar-refractivity contribution in [3.05, 3.63) is 66.5 Å². The highest BCUT2D eigenvalue weighted by Crippen LogP contribution is 2.38. The van der Waals surface area contributed by atoms with Gasteiger partial charge in [0, 0.05) is 50.4 Å². The van der Waals surface area contributed by atoms with Gasteiger partial charge in [-0.05, 0) is 43.8 Å². The molecule has 5 heterocycles. The number of nitrogens with zero attached hydrogens (tertiary/aromatic N) is 7. The second-order valence-electron chi connectivity index (χ2n) is 9.65. The minimum absolute atomic E-state index is 0.00775. The number of carbonyl (C=O) groups is 1. The van der Waals surface area contributed by atoms with E-state index in [0.717, 1.165) is 25.6 Å². The van der Waals surface area contributed by atoms with Gasteiger partial charge in [0.1, 0.15) is 21.9 Å². The van der Waals surface area contributed by atoms with Crippen molar-refractivity contribution in [2.75, 3.05) is 25.0 Å². The van der Waals surface area contributed by atoms with Crippen LogP contribution in [0.5, 0.6) is 5.75 Å². The number of anilines is 1. The second kappa shape index (κ2) is 10.9. The number of amides is 1. The Morgan fingerprint density at radius 2 is 2.10 bits per heavy atom. The molecule has 1 aliphatic heterocycles. The number of rotatable bonds is 10. The summed E-state index contributed by atoms with van der Waals surface area (Å²) in [7, 11) is -2.55. The number of aromatic amines is 1. The highest BCUT2D eigenvalue weighted by molar-refractivity contribution is 7.91. The molecule has 0 aliphatic carbocycles. The molecular formula is C26H25F2N9O4S. The highest BCUT2D eigenvalue weighted by atomic mass is 32.2. The van der Waals surface area contributed by atoms with Gasteiger partial charge in [0.2, 0.25) is 9.84 Å². The van der Waals surface area contributed by atoms with Gasteiger partial charge in [-0.1, -0.05) is 0 Å². The van der Waals surface area contributed by atoms with E-state index in [1.54, 1.807) is 19.3 Å². The van der Waals surface area contributed by atoms with Crippen molar-refractivity contribution >= 4 is 27.1 Å². The van der Waals surface area contributed by atoms with Crippen molar-refractivity contribution in [1.82, 2.24) is 39.5 Å². The molecule has 1 aromatic carbocycles. The van der Waals surface area contributed by atoms with Crippen LogP contribution in [0, 0.1) is 0 Å². The van der Waals surface area contributed by atoms with Crippen LogP contribution in [0.15, 0.2) is 65.0 Å². The fourth-order valence-electron chi connectivity index (χ4n) is 4.73. The third-order valence-corrected chi connectivity index (χ3v) is 8.72. The topological polar surface area (TPSA) is 152 Å². The van der Waals surface area contributed by atoms with Gasteiger partial charge in [0.05, 0.1) is 22.5 Å². The number of aryl methyl sites for hydroxylation is 1. The van der Waals surface area contributed by atoms with Gasteiger partial charge in [-0.15, -0.1) is 0 Å². The first kappa shape index (κ1) is 27.5. The normalized spacial score (nSPS) is 13.9. The molecule has 0 spiro atoms. The van der Waals surface area contributed by atoms with Crippen LogP contribution < -0.4 is 10.1 Å². The monoisotopic (exact) mass is 597 g/mol. The van der Waals surface area contributed by atoms with Gasteiger partial charge in [-0.2, -0.15) is 24.1 Å². The molecule has 42 heavy (non-hydrogen) atoms. The maximum absolute atomic E-state index is 13.7. The molecule has 1 fully saturated rings. The molecule has 0 bridgehead atoms. The van der Waals surface area contributed by atoms with Gasteiger partial charge in [-0.3, -0.25) is 14.6 Å². The summed E-state index contributed by atoms with van der Waals surface area (Å²) in [6.07, 6.45) is 8.78. The average molecular weight is 598 g/mol. The van der Waals surface area contributed by atoms with Crippen molar-refractivity contribution in [1.29, 1.82) is 0 Å². The summed E-state index contributed by atoms with van der Waals surface area (Å²) in [6, 6.07) is 5.19. The third-order valence-electron chi connectivity index (χ3n) is 6.92. The molecule has 1 aliphatic rings. The lowest BCUT2D eigenvalue weighted by molar-refractivity contribution is -0.0494. The summed E-state index contributed by atoms with van der Waals surface area (Å²) in [5.41, 5.74) is 0.940. The van der Waals surface area contributed by atoms with E-state index in [-0.39, 0.29) is 38.0 Å². The lowest BCUT2D eigenvalue weighted by atomic mass is 10.1. The molecule has 218 valence electrons. The summed E-state index contributed by atoms with van der Waals surface area (Å²) in [6.45, 7) is -0.616. The third kappa shape index (κ3) is 5.21. The number of nitrogens with one attached hydrogen (secondary N) is 2. The Kier molecular flexibility index (Phi) is 7.16. The SMILES string of the molecule is Cn1cc(NC(=O)c2cnn3cccnc23)c(-c2cc(S(=O)(=O)c3c[nH]nc3CCN3CCC3)ccc2OC(F)F)n1. The lowest BCUT2D eigenvalue weighted by Crippen LogP contribution is -2.38. The van der Waals surface area contributed by atoms with Gasteiger partial charge in [-0.25, -0.2) is 17.9 Å². The van der Waals surface area contributed by atoms with Crippen LogP contribution in [0.3, 0.4) is 0 Å². The van der Waals surface area contributed by atoms with Crippen LogP contribution >= 0.6 is 0 Å². The number of sulfone groups is 1. The van der Waals surface area contributed by atoms with E-state index >= 15 is 0 Å². The Morgan fingerprint density at radius 3 is 2.86 bits per heavy atom. The molecule has 0 atom stereocenters. The summed E-state index contributed by atoms with van der Waals surface area (Å²) in [4.78, 5) is 19.4. The minimum Gasteiger partial charge on any atom is -0.434 e. The first-order valence-corrected chi connectivity index (χ1v) is 14.4. The smallest absolute Gasteiger partial charge is 0.387 e. The van der Waals surface area contributed by atoms with Crippen molar-refractivity contribution < 1.29 is 26.7 Å². The molecule has 1 saturated heterocycles. The molecule has 1 amide bonds. The van der Waals surface area contributed by atoms with Crippen LogP contribution in [0.25, 0.3) is 16.9 Å². The number of fused-ring (bicyclic) bond motifs is 1. The van der Waals surface area contributed by atoms with E-state index in [4.69, 9.17) is 4.74 Å². The summed E-state index contributed by atoms with van der Waals surface area (Å²) >= 11 is 0. The van der Waals surface area contributed by atoms with E-state index in [9.17, 15) is 22.0 Å².